The van der Waals surface area contributed by atoms with Crippen LogP contribution >= 0.6 is 11.8 Å². The van der Waals surface area contributed by atoms with Gasteiger partial charge < -0.3 is 5.32 Å². The maximum atomic E-state index is 3.97. The van der Waals surface area contributed by atoms with Crippen molar-refractivity contribution in [1.29, 1.82) is 0 Å². The van der Waals surface area contributed by atoms with Crippen LogP contribution in [0, 0.1) is 23.2 Å². The second-order valence-electron chi connectivity index (χ2n) is 8.27. The first-order valence-corrected chi connectivity index (χ1v) is 9.64. The molecule has 5 aliphatic rings. The second kappa shape index (κ2) is 4.40. The van der Waals surface area contributed by atoms with Gasteiger partial charge in [-0.25, -0.2) is 0 Å². The molecular weight excluding hydrogens is 250 g/mol. The SMILES string of the molecule is CSC1(CNC(C)C23CC4CC(CC(C4)C2)C3)CC1. The molecular formula is C17H29NS. The monoisotopic (exact) mass is 279 g/mol. The predicted octanol–water partition coefficient (Wildman–Crippen LogP) is 4.08. The molecule has 2 heteroatoms. The van der Waals surface area contributed by atoms with E-state index in [1.54, 1.807) is 38.5 Å². The van der Waals surface area contributed by atoms with Crippen LogP contribution in [0.3, 0.4) is 0 Å². The highest BCUT2D eigenvalue weighted by Crippen LogP contribution is 2.61. The van der Waals surface area contributed by atoms with Crippen molar-refractivity contribution >= 4 is 11.8 Å². The summed E-state index contributed by atoms with van der Waals surface area (Å²) >= 11 is 2.09. The fourth-order valence-electron chi connectivity index (χ4n) is 5.86. The molecule has 5 rings (SSSR count). The summed E-state index contributed by atoms with van der Waals surface area (Å²) in [5.74, 6) is 3.27. The Hall–Kier alpha value is 0.310. The Balaban J connectivity index is 1.43. The first-order chi connectivity index (χ1) is 9.13. The molecule has 0 aliphatic heterocycles. The number of nitrogens with one attached hydrogen (secondary N) is 1. The minimum Gasteiger partial charge on any atom is -0.312 e. The average Bonchev–Trinajstić information content (AvgIpc) is 3.15. The van der Waals surface area contributed by atoms with Crippen molar-refractivity contribution in [3.8, 4) is 0 Å². The van der Waals surface area contributed by atoms with Gasteiger partial charge in [-0.3, -0.25) is 0 Å². The molecule has 1 unspecified atom stereocenters. The lowest BCUT2D eigenvalue weighted by Gasteiger charge is -2.59. The molecule has 0 aromatic rings. The maximum Gasteiger partial charge on any atom is 0.0282 e. The number of hydrogen-bond donors (Lipinski definition) is 1. The molecule has 1 nitrogen and oxygen atoms in total. The third-order valence-corrected chi connectivity index (χ3v) is 8.39. The van der Waals surface area contributed by atoms with Gasteiger partial charge in [0.25, 0.3) is 0 Å². The highest BCUT2D eigenvalue weighted by molar-refractivity contribution is 8.00. The number of rotatable bonds is 5. The second-order valence-corrected chi connectivity index (χ2v) is 9.54. The summed E-state index contributed by atoms with van der Waals surface area (Å²) in [4.78, 5) is 0. The molecule has 4 bridgehead atoms. The lowest BCUT2D eigenvalue weighted by atomic mass is 9.48. The molecule has 1 N–H and O–H groups in total. The van der Waals surface area contributed by atoms with Crippen LogP contribution in [-0.2, 0) is 0 Å². The third kappa shape index (κ3) is 2.18. The van der Waals surface area contributed by atoms with E-state index in [-0.39, 0.29) is 0 Å². The summed E-state index contributed by atoms with van der Waals surface area (Å²) in [6.07, 6.45) is 14.5. The summed E-state index contributed by atoms with van der Waals surface area (Å²) in [6, 6.07) is 0.755. The van der Waals surface area contributed by atoms with Crippen molar-refractivity contribution in [3.63, 3.8) is 0 Å². The van der Waals surface area contributed by atoms with Gasteiger partial charge in [-0.15, -0.1) is 0 Å². The molecule has 0 aromatic carbocycles. The molecule has 0 aromatic heterocycles. The van der Waals surface area contributed by atoms with E-state index in [9.17, 15) is 0 Å². The zero-order valence-electron chi connectivity index (χ0n) is 12.6. The molecule has 0 heterocycles. The van der Waals surface area contributed by atoms with Gasteiger partial charge >= 0.3 is 0 Å². The molecule has 0 spiro atoms. The van der Waals surface area contributed by atoms with E-state index in [1.165, 1.54) is 19.4 Å². The van der Waals surface area contributed by atoms with Crippen molar-refractivity contribution in [2.24, 2.45) is 23.2 Å². The van der Waals surface area contributed by atoms with Crippen LogP contribution in [0.25, 0.3) is 0 Å². The van der Waals surface area contributed by atoms with Crippen molar-refractivity contribution in [2.75, 3.05) is 12.8 Å². The summed E-state index contributed by atoms with van der Waals surface area (Å²) in [5, 5.41) is 3.97. The highest BCUT2D eigenvalue weighted by atomic mass is 32.2. The van der Waals surface area contributed by atoms with Gasteiger partial charge in [-0.1, -0.05) is 0 Å². The van der Waals surface area contributed by atoms with Crippen molar-refractivity contribution in [2.45, 2.75) is 69.1 Å². The third-order valence-electron chi connectivity index (χ3n) is 6.98. The van der Waals surface area contributed by atoms with Crippen molar-refractivity contribution in [1.82, 2.24) is 5.32 Å². The van der Waals surface area contributed by atoms with Crippen LogP contribution < -0.4 is 5.32 Å². The Bertz CT molecular complexity index is 325. The lowest BCUT2D eigenvalue weighted by Crippen LogP contribution is -2.55. The van der Waals surface area contributed by atoms with Gasteiger partial charge in [0, 0.05) is 17.3 Å². The molecule has 0 amide bonds. The Kier molecular flexibility index (Phi) is 3.01. The van der Waals surface area contributed by atoms with Crippen LogP contribution in [0.2, 0.25) is 0 Å². The first kappa shape index (κ1) is 13.0. The van der Waals surface area contributed by atoms with E-state index < -0.39 is 0 Å². The topological polar surface area (TPSA) is 12.0 Å². The molecule has 5 saturated carbocycles. The summed E-state index contributed by atoms with van der Waals surface area (Å²) < 4.78 is 0.622. The summed E-state index contributed by atoms with van der Waals surface area (Å²) in [7, 11) is 0. The molecule has 0 saturated heterocycles. The van der Waals surface area contributed by atoms with Gasteiger partial charge in [0.2, 0.25) is 0 Å². The van der Waals surface area contributed by atoms with Gasteiger partial charge in [-0.2, -0.15) is 11.8 Å². The predicted molar refractivity (Wildman–Crippen MR) is 83.5 cm³/mol. The Morgan fingerprint density at radius 1 is 1.05 bits per heavy atom. The van der Waals surface area contributed by atoms with E-state index in [4.69, 9.17) is 0 Å². The zero-order valence-corrected chi connectivity index (χ0v) is 13.4. The maximum absolute atomic E-state index is 3.97. The van der Waals surface area contributed by atoms with Gasteiger partial charge in [-0.05, 0) is 87.7 Å². The van der Waals surface area contributed by atoms with Crippen LogP contribution in [0.15, 0.2) is 0 Å². The van der Waals surface area contributed by atoms with E-state index >= 15 is 0 Å². The van der Waals surface area contributed by atoms with Gasteiger partial charge in [0.05, 0.1) is 0 Å². The Morgan fingerprint density at radius 3 is 2.00 bits per heavy atom. The fourth-order valence-corrected chi connectivity index (χ4v) is 6.59. The number of thioether (sulfide) groups is 1. The highest BCUT2D eigenvalue weighted by Gasteiger charge is 2.53. The van der Waals surface area contributed by atoms with Crippen LogP contribution in [0.4, 0.5) is 0 Å². The molecule has 108 valence electrons. The largest absolute Gasteiger partial charge is 0.312 e. The zero-order chi connectivity index (χ0) is 13.1. The molecule has 5 aliphatic carbocycles. The normalized spacial score (nSPS) is 47.4. The molecule has 0 radical (unpaired) electrons. The standard InChI is InChI=1S/C17H29NS/c1-12(18-11-17(19-2)3-4-17)16-8-13-5-14(9-16)7-15(6-13)10-16/h12-15,18H,3-11H2,1-2H3. The van der Waals surface area contributed by atoms with E-state index in [0.29, 0.717) is 10.2 Å². The fraction of sp³-hybridized carbons (Fsp3) is 1.00. The Labute approximate surface area is 122 Å². The van der Waals surface area contributed by atoms with Crippen LogP contribution in [-0.4, -0.2) is 23.6 Å². The number of hydrogen-bond acceptors (Lipinski definition) is 2. The van der Waals surface area contributed by atoms with Crippen molar-refractivity contribution in [3.05, 3.63) is 0 Å². The van der Waals surface area contributed by atoms with Gasteiger partial charge in [0.1, 0.15) is 0 Å². The van der Waals surface area contributed by atoms with E-state index in [0.717, 1.165) is 23.8 Å². The van der Waals surface area contributed by atoms with Crippen molar-refractivity contribution < 1.29 is 0 Å². The average molecular weight is 279 g/mol. The van der Waals surface area contributed by atoms with Crippen LogP contribution in [0.1, 0.15) is 58.3 Å². The quantitative estimate of drug-likeness (QED) is 0.814. The van der Waals surface area contributed by atoms with E-state index in [2.05, 4.69) is 30.3 Å². The molecule has 1 atom stereocenters. The Morgan fingerprint density at radius 2 is 1.58 bits per heavy atom. The first-order valence-electron chi connectivity index (χ1n) is 8.42. The minimum absolute atomic E-state index is 0.622. The minimum atomic E-state index is 0.622. The smallest absolute Gasteiger partial charge is 0.0282 e. The van der Waals surface area contributed by atoms with E-state index in [1.807, 2.05) is 0 Å². The summed E-state index contributed by atoms with van der Waals surface area (Å²) in [6.45, 7) is 3.76. The lowest BCUT2D eigenvalue weighted by molar-refractivity contribution is -0.0703. The molecule has 5 fully saturated rings. The van der Waals surface area contributed by atoms with Gasteiger partial charge in [0.15, 0.2) is 0 Å². The molecule has 19 heavy (non-hydrogen) atoms. The van der Waals surface area contributed by atoms with Crippen LogP contribution in [0.5, 0.6) is 0 Å². The summed E-state index contributed by atoms with van der Waals surface area (Å²) in [5.41, 5.74) is 0.684.